The summed E-state index contributed by atoms with van der Waals surface area (Å²) in [6.45, 7) is 1.70. The third kappa shape index (κ3) is 3.61. The van der Waals surface area contributed by atoms with E-state index in [4.69, 9.17) is 9.47 Å². The number of benzene rings is 2. The summed E-state index contributed by atoms with van der Waals surface area (Å²) in [7, 11) is 3.07. The van der Waals surface area contributed by atoms with Crippen LogP contribution in [0.3, 0.4) is 0 Å². The topological polar surface area (TPSA) is 111 Å². The second-order valence-corrected chi connectivity index (χ2v) is 7.90. The molecule has 1 N–H and O–H groups in total. The summed E-state index contributed by atoms with van der Waals surface area (Å²) in [5.74, 6) is 0.720. The van der Waals surface area contributed by atoms with Crippen LogP contribution < -0.4 is 14.8 Å². The van der Waals surface area contributed by atoms with Gasteiger partial charge in [-0.3, -0.25) is 9.69 Å². The average Bonchev–Trinajstić information content (AvgIpc) is 3.38. The van der Waals surface area contributed by atoms with E-state index in [1.54, 1.807) is 50.4 Å². The van der Waals surface area contributed by atoms with Crippen LogP contribution in [0.25, 0.3) is 5.69 Å². The maximum atomic E-state index is 13.4. The Balaban J connectivity index is 1.66. The van der Waals surface area contributed by atoms with Crippen molar-refractivity contribution in [3.63, 3.8) is 0 Å². The van der Waals surface area contributed by atoms with Gasteiger partial charge < -0.3 is 14.8 Å². The Bertz CT molecular complexity index is 1150. The number of carbonyl (C=O) groups excluding carboxylic acids is 2. The lowest BCUT2D eigenvalue weighted by Gasteiger charge is -2.23. The van der Waals surface area contributed by atoms with Gasteiger partial charge >= 0.3 is 6.03 Å². The normalized spacial score (nSPS) is 18.3. The predicted molar refractivity (Wildman–Crippen MR) is 113 cm³/mol. The Kier molecular flexibility index (Phi) is 5.36. The van der Waals surface area contributed by atoms with Crippen LogP contribution in [0.2, 0.25) is 0 Å². The molecule has 11 heteroatoms. The summed E-state index contributed by atoms with van der Waals surface area (Å²) in [5, 5.41) is 13.9. The molecule has 1 atom stereocenters. The summed E-state index contributed by atoms with van der Waals surface area (Å²) >= 11 is 3.41. The van der Waals surface area contributed by atoms with Gasteiger partial charge in [-0.05, 0) is 63.1 Å². The van der Waals surface area contributed by atoms with E-state index in [-0.39, 0.29) is 12.5 Å². The summed E-state index contributed by atoms with van der Waals surface area (Å²) in [6.07, 6.45) is 1.45. The Hall–Kier alpha value is -3.47. The first-order chi connectivity index (χ1) is 14.9. The maximum absolute atomic E-state index is 13.4. The van der Waals surface area contributed by atoms with Crippen molar-refractivity contribution < 1.29 is 19.1 Å². The highest BCUT2D eigenvalue weighted by Gasteiger charge is 2.49. The molecule has 2 aromatic carbocycles. The molecule has 3 aromatic rings. The Morgan fingerprint density at radius 2 is 1.90 bits per heavy atom. The van der Waals surface area contributed by atoms with Crippen LogP contribution in [0.15, 0.2) is 47.2 Å². The van der Waals surface area contributed by atoms with Crippen LogP contribution >= 0.6 is 15.9 Å². The molecule has 1 aliphatic rings. The molecule has 0 saturated carbocycles. The number of nitrogens with zero attached hydrogens (tertiary/aromatic N) is 5. The maximum Gasteiger partial charge on any atom is 0.325 e. The molecular weight excluding hydrogens is 468 g/mol. The Morgan fingerprint density at radius 3 is 2.58 bits per heavy atom. The van der Waals surface area contributed by atoms with Crippen molar-refractivity contribution in [3.05, 3.63) is 58.3 Å². The first kappa shape index (κ1) is 20.8. The fraction of sp³-hybridized carbons (Fsp3) is 0.250. The van der Waals surface area contributed by atoms with Crippen LogP contribution in [0, 0.1) is 0 Å². The zero-order chi connectivity index (χ0) is 22.2. The summed E-state index contributed by atoms with van der Waals surface area (Å²) in [6, 6.07) is 10.1. The molecular formula is C20H19BrN6O4. The summed E-state index contributed by atoms with van der Waals surface area (Å²) in [5.41, 5.74) is 0.677. The molecule has 31 heavy (non-hydrogen) atoms. The number of halogens is 1. The lowest BCUT2D eigenvalue weighted by Crippen LogP contribution is -2.40. The number of aromatic nitrogens is 4. The number of hydrogen-bond acceptors (Lipinski definition) is 7. The highest BCUT2D eigenvalue weighted by molar-refractivity contribution is 9.10. The number of ether oxygens (including phenoxy) is 2. The fourth-order valence-corrected chi connectivity index (χ4v) is 3.98. The van der Waals surface area contributed by atoms with Gasteiger partial charge in [-0.1, -0.05) is 12.1 Å². The SMILES string of the molecule is COc1cc(CN2C(=O)NC(C)(c3cccc(-n4cnnn4)c3)C2=O)c(OC)cc1Br. The molecule has 0 bridgehead atoms. The molecule has 1 fully saturated rings. The number of tetrazole rings is 1. The lowest BCUT2D eigenvalue weighted by molar-refractivity contribution is -0.131. The van der Waals surface area contributed by atoms with Crippen LogP contribution in [-0.4, -0.2) is 51.3 Å². The van der Waals surface area contributed by atoms with Crippen molar-refractivity contribution in [3.8, 4) is 17.2 Å². The first-order valence-corrected chi connectivity index (χ1v) is 10.0. The van der Waals surface area contributed by atoms with E-state index >= 15 is 0 Å². The van der Waals surface area contributed by atoms with Crippen molar-refractivity contribution >= 4 is 27.9 Å². The molecule has 2 heterocycles. The highest BCUT2D eigenvalue weighted by atomic mass is 79.9. The van der Waals surface area contributed by atoms with E-state index in [0.29, 0.717) is 32.8 Å². The minimum Gasteiger partial charge on any atom is -0.496 e. The van der Waals surface area contributed by atoms with Gasteiger partial charge in [-0.2, -0.15) is 0 Å². The van der Waals surface area contributed by atoms with Crippen molar-refractivity contribution in [2.24, 2.45) is 0 Å². The zero-order valence-electron chi connectivity index (χ0n) is 17.0. The quantitative estimate of drug-likeness (QED) is 0.532. The average molecular weight is 487 g/mol. The van der Waals surface area contributed by atoms with E-state index < -0.39 is 11.6 Å². The number of imide groups is 1. The minimum atomic E-state index is -1.24. The number of nitrogens with one attached hydrogen (secondary N) is 1. The smallest absolute Gasteiger partial charge is 0.325 e. The third-order valence-electron chi connectivity index (χ3n) is 5.20. The van der Waals surface area contributed by atoms with Gasteiger partial charge in [-0.25, -0.2) is 9.48 Å². The lowest BCUT2D eigenvalue weighted by atomic mass is 9.91. The van der Waals surface area contributed by atoms with Crippen molar-refractivity contribution in [2.45, 2.75) is 19.0 Å². The van der Waals surface area contributed by atoms with Crippen LogP contribution in [0.1, 0.15) is 18.1 Å². The van der Waals surface area contributed by atoms with Gasteiger partial charge in [0.2, 0.25) is 0 Å². The Morgan fingerprint density at radius 1 is 1.13 bits per heavy atom. The molecule has 10 nitrogen and oxygen atoms in total. The molecule has 0 aliphatic carbocycles. The van der Waals surface area contributed by atoms with Crippen molar-refractivity contribution in [1.82, 2.24) is 30.4 Å². The molecule has 1 aliphatic heterocycles. The first-order valence-electron chi connectivity index (χ1n) is 9.26. The van der Waals surface area contributed by atoms with Crippen LogP contribution in [-0.2, 0) is 16.9 Å². The van der Waals surface area contributed by atoms with Gasteiger partial charge in [0, 0.05) is 5.56 Å². The van der Waals surface area contributed by atoms with E-state index in [9.17, 15) is 9.59 Å². The number of rotatable bonds is 6. The standard InChI is InChI=1S/C20H19BrN6O4/c1-20(13-5-4-6-14(8-13)27-11-22-24-25-27)18(28)26(19(29)23-20)10-12-7-17(31-3)15(21)9-16(12)30-2/h4-9,11H,10H2,1-3H3,(H,23,29). The molecule has 0 spiro atoms. The summed E-state index contributed by atoms with van der Waals surface area (Å²) < 4.78 is 12.9. The monoisotopic (exact) mass is 486 g/mol. The van der Waals surface area contributed by atoms with E-state index in [0.717, 1.165) is 4.90 Å². The predicted octanol–water partition coefficient (Wildman–Crippen LogP) is 2.41. The molecule has 1 saturated heterocycles. The number of hydrogen-bond donors (Lipinski definition) is 1. The zero-order valence-corrected chi connectivity index (χ0v) is 18.6. The van der Waals surface area contributed by atoms with Crippen LogP contribution in [0.4, 0.5) is 4.79 Å². The highest BCUT2D eigenvalue weighted by Crippen LogP contribution is 2.36. The third-order valence-corrected chi connectivity index (χ3v) is 5.82. The number of carbonyl (C=O) groups is 2. The van der Waals surface area contributed by atoms with E-state index in [1.165, 1.54) is 18.1 Å². The molecule has 4 rings (SSSR count). The molecule has 160 valence electrons. The second-order valence-electron chi connectivity index (χ2n) is 7.05. The molecule has 1 aromatic heterocycles. The van der Waals surface area contributed by atoms with Crippen molar-refractivity contribution in [2.75, 3.05) is 14.2 Å². The number of amides is 3. The molecule has 0 radical (unpaired) electrons. The molecule has 3 amide bonds. The number of urea groups is 1. The van der Waals surface area contributed by atoms with Crippen LogP contribution in [0.5, 0.6) is 11.5 Å². The van der Waals surface area contributed by atoms with Gasteiger partial charge in [0.1, 0.15) is 23.4 Å². The second kappa shape index (κ2) is 7.99. The van der Waals surface area contributed by atoms with Gasteiger partial charge in [-0.15, -0.1) is 5.10 Å². The van der Waals surface area contributed by atoms with Crippen molar-refractivity contribution in [1.29, 1.82) is 0 Å². The van der Waals surface area contributed by atoms with E-state index in [1.807, 2.05) is 0 Å². The minimum absolute atomic E-state index is 0.0275. The van der Waals surface area contributed by atoms with Gasteiger partial charge in [0.05, 0.1) is 30.9 Å². The summed E-state index contributed by atoms with van der Waals surface area (Å²) in [4.78, 5) is 27.3. The largest absolute Gasteiger partial charge is 0.496 e. The Labute approximate surface area is 186 Å². The number of methoxy groups -OCH3 is 2. The van der Waals surface area contributed by atoms with E-state index in [2.05, 4.69) is 36.8 Å². The fourth-order valence-electron chi connectivity index (χ4n) is 3.49. The molecule has 1 unspecified atom stereocenters. The van der Waals surface area contributed by atoms with Gasteiger partial charge in [0.25, 0.3) is 5.91 Å². The van der Waals surface area contributed by atoms with Gasteiger partial charge in [0.15, 0.2) is 0 Å².